The van der Waals surface area contributed by atoms with Gasteiger partial charge in [0.05, 0.1) is 23.8 Å². The normalized spacial score (nSPS) is 12.4. The summed E-state index contributed by atoms with van der Waals surface area (Å²) in [5.74, 6) is 1.55. The van der Waals surface area contributed by atoms with E-state index in [4.69, 9.17) is 9.47 Å². The number of rotatable bonds is 7. The van der Waals surface area contributed by atoms with Crippen LogP contribution < -0.4 is 14.8 Å². The number of H-pyrrole nitrogens is 1. The summed E-state index contributed by atoms with van der Waals surface area (Å²) < 4.78 is 12.8. The number of para-hydroxylation sites is 1. The van der Waals surface area contributed by atoms with Crippen molar-refractivity contribution in [3.05, 3.63) is 78.2 Å². The molecule has 3 heterocycles. The lowest BCUT2D eigenvalue weighted by atomic mass is 10.1. The predicted octanol–water partition coefficient (Wildman–Crippen LogP) is 3.32. The Morgan fingerprint density at radius 1 is 1.03 bits per heavy atom. The lowest BCUT2D eigenvalue weighted by Crippen LogP contribution is -2.16. The fourth-order valence-electron chi connectivity index (χ4n) is 3.41. The van der Waals surface area contributed by atoms with Gasteiger partial charge in [0.2, 0.25) is 6.79 Å². The summed E-state index contributed by atoms with van der Waals surface area (Å²) >= 11 is 0. The Kier molecular flexibility index (Phi) is 4.72. The standard InChI is InChI=1S/C22H21N5O2/c1-2-4-19(5-3-1)27-14-16(11-25-27)8-9-23-12-18-13-24-26-22(18)17-6-7-20-21(10-17)29-15-28-20/h1-7,10-11,13-14,23H,8-9,12,15H2,(H,24,26). The van der Waals surface area contributed by atoms with Gasteiger partial charge in [-0.15, -0.1) is 0 Å². The average Bonchev–Trinajstić information content (AvgIpc) is 3.52. The molecule has 2 N–H and O–H groups in total. The van der Waals surface area contributed by atoms with Crippen LogP contribution in [-0.4, -0.2) is 33.3 Å². The zero-order valence-corrected chi connectivity index (χ0v) is 15.8. The highest BCUT2D eigenvalue weighted by molar-refractivity contribution is 5.66. The minimum atomic E-state index is 0.275. The summed E-state index contributed by atoms with van der Waals surface area (Å²) in [6, 6.07) is 16.1. The van der Waals surface area contributed by atoms with Crippen LogP contribution in [0.2, 0.25) is 0 Å². The Morgan fingerprint density at radius 3 is 2.86 bits per heavy atom. The van der Waals surface area contributed by atoms with E-state index in [0.717, 1.165) is 53.5 Å². The lowest BCUT2D eigenvalue weighted by molar-refractivity contribution is 0.174. The van der Waals surface area contributed by atoms with Gasteiger partial charge in [-0.1, -0.05) is 18.2 Å². The number of benzene rings is 2. The van der Waals surface area contributed by atoms with Crippen molar-refractivity contribution in [2.45, 2.75) is 13.0 Å². The molecule has 0 fully saturated rings. The van der Waals surface area contributed by atoms with E-state index in [1.165, 1.54) is 5.56 Å². The topological polar surface area (TPSA) is 77.0 Å². The van der Waals surface area contributed by atoms with Gasteiger partial charge in [-0.3, -0.25) is 5.10 Å². The number of aromatic amines is 1. The molecule has 0 spiro atoms. The van der Waals surface area contributed by atoms with Crippen LogP contribution in [0.4, 0.5) is 0 Å². The van der Waals surface area contributed by atoms with Crippen molar-refractivity contribution in [3.8, 4) is 28.4 Å². The second-order valence-electron chi connectivity index (χ2n) is 6.89. The first-order valence-corrected chi connectivity index (χ1v) is 9.59. The minimum absolute atomic E-state index is 0.275. The molecule has 5 rings (SSSR count). The van der Waals surface area contributed by atoms with Gasteiger partial charge in [0.25, 0.3) is 0 Å². The molecule has 0 radical (unpaired) electrons. The van der Waals surface area contributed by atoms with E-state index >= 15 is 0 Å². The van der Waals surface area contributed by atoms with E-state index in [1.54, 1.807) is 0 Å². The van der Waals surface area contributed by atoms with Crippen LogP contribution in [0.5, 0.6) is 11.5 Å². The number of fused-ring (bicyclic) bond motifs is 1. The number of ether oxygens (including phenoxy) is 2. The van der Waals surface area contributed by atoms with E-state index in [-0.39, 0.29) is 6.79 Å². The minimum Gasteiger partial charge on any atom is -0.454 e. The van der Waals surface area contributed by atoms with Crippen molar-refractivity contribution in [1.29, 1.82) is 0 Å². The van der Waals surface area contributed by atoms with Crippen molar-refractivity contribution in [1.82, 2.24) is 25.3 Å². The summed E-state index contributed by atoms with van der Waals surface area (Å²) in [4.78, 5) is 0. The third-order valence-corrected chi connectivity index (χ3v) is 4.94. The fourth-order valence-corrected chi connectivity index (χ4v) is 3.41. The zero-order valence-electron chi connectivity index (χ0n) is 15.8. The molecular weight excluding hydrogens is 366 g/mol. The first-order chi connectivity index (χ1) is 14.4. The smallest absolute Gasteiger partial charge is 0.231 e. The molecule has 0 atom stereocenters. The predicted molar refractivity (Wildman–Crippen MR) is 109 cm³/mol. The molecule has 0 saturated carbocycles. The van der Waals surface area contributed by atoms with E-state index < -0.39 is 0 Å². The molecule has 1 aliphatic heterocycles. The zero-order chi connectivity index (χ0) is 19.5. The Labute approximate surface area is 168 Å². The highest BCUT2D eigenvalue weighted by Gasteiger charge is 2.16. The van der Waals surface area contributed by atoms with Crippen LogP contribution in [0, 0.1) is 0 Å². The molecule has 7 nitrogen and oxygen atoms in total. The third kappa shape index (κ3) is 3.72. The van der Waals surface area contributed by atoms with Crippen molar-refractivity contribution in [3.63, 3.8) is 0 Å². The van der Waals surface area contributed by atoms with Crippen LogP contribution in [0.25, 0.3) is 16.9 Å². The van der Waals surface area contributed by atoms with Crippen LogP contribution in [0.15, 0.2) is 67.1 Å². The SMILES string of the molecule is c1ccc(-n2cc(CCNCc3cn[nH]c3-c3ccc4c(c3)OCO4)cn2)cc1. The van der Waals surface area contributed by atoms with Crippen LogP contribution in [0.3, 0.4) is 0 Å². The van der Waals surface area contributed by atoms with Gasteiger partial charge in [0.15, 0.2) is 11.5 Å². The van der Waals surface area contributed by atoms with Crippen molar-refractivity contribution >= 4 is 0 Å². The van der Waals surface area contributed by atoms with Crippen molar-refractivity contribution < 1.29 is 9.47 Å². The van der Waals surface area contributed by atoms with Crippen LogP contribution in [-0.2, 0) is 13.0 Å². The quantitative estimate of drug-likeness (QED) is 0.476. The summed E-state index contributed by atoms with van der Waals surface area (Å²) in [5, 5.41) is 15.3. The van der Waals surface area contributed by atoms with Gasteiger partial charge >= 0.3 is 0 Å². The highest BCUT2D eigenvalue weighted by atomic mass is 16.7. The van der Waals surface area contributed by atoms with Gasteiger partial charge in [-0.25, -0.2) is 4.68 Å². The van der Waals surface area contributed by atoms with Crippen molar-refractivity contribution in [2.24, 2.45) is 0 Å². The fraction of sp³-hybridized carbons (Fsp3) is 0.182. The third-order valence-electron chi connectivity index (χ3n) is 4.94. The molecule has 7 heteroatoms. The molecule has 0 unspecified atom stereocenters. The van der Waals surface area contributed by atoms with Crippen LogP contribution in [0.1, 0.15) is 11.1 Å². The number of hydrogen-bond acceptors (Lipinski definition) is 5. The summed E-state index contributed by atoms with van der Waals surface area (Å²) in [6.07, 6.45) is 6.77. The lowest BCUT2D eigenvalue weighted by Gasteiger charge is -2.06. The number of hydrogen-bond donors (Lipinski definition) is 2. The molecule has 0 bridgehead atoms. The largest absolute Gasteiger partial charge is 0.454 e. The average molecular weight is 387 g/mol. The molecule has 0 saturated heterocycles. The molecule has 29 heavy (non-hydrogen) atoms. The molecule has 4 aromatic rings. The second kappa shape index (κ2) is 7.81. The number of nitrogens with zero attached hydrogens (tertiary/aromatic N) is 3. The summed E-state index contributed by atoms with van der Waals surface area (Å²) in [5.41, 5.74) is 5.41. The van der Waals surface area contributed by atoms with Crippen molar-refractivity contribution in [2.75, 3.05) is 13.3 Å². The van der Waals surface area contributed by atoms with Gasteiger partial charge in [-0.2, -0.15) is 10.2 Å². The monoisotopic (exact) mass is 387 g/mol. The Morgan fingerprint density at radius 2 is 1.93 bits per heavy atom. The summed E-state index contributed by atoms with van der Waals surface area (Å²) in [7, 11) is 0. The second-order valence-corrected chi connectivity index (χ2v) is 6.89. The first-order valence-electron chi connectivity index (χ1n) is 9.59. The summed E-state index contributed by atoms with van der Waals surface area (Å²) in [6.45, 7) is 1.86. The molecule has 0 amide bonds. The maximum Gasteiger partial charge on any atom is 0.231 e. The number of nitrogens with one attached hydrogen (secondary N) is 2. The molecule has 0 aliphatic carbocycles. The van der Waals surface area contributed by atoms with Crippen LogP contribution >= 0.6 is 0 Å². The molecule has 1 aliphatic rings. The van der Waals surface area contributed by atoms with Gasteiger partial charge < -0.3 is 14.8 Å². The number of aromatic nitrogens is 4. The van der Waals surface area contributed by atoms with E-state index in [9.17, 15) is 0 Å². The van der Waals surface area contributed by atoms with E-state index in [1.807, 2.05) is 65.6 Å². The first kappa shape index (κ1) is 17.5. The Balaban J connectivity index is 1.18. The molecular formula is C22H21N5O2. The van der Waals surface area contributed by atoms with E-state index in [0.29, 0.717) is 0 Å². The van der Waals surface area contributed by atoms with Gasteiger partial charge in [-0.05, 0) is 48.9 Å². The Hall–Kier alpha value is -3.58. The Bertz CT molecular complexity index is 1100. The highest BCUT2D eigenvalue weighted by Crippen LogP contribution is 2.36. The molecule has 2 aromatic heterocycles. The van der Waals surface area contributed by atoms with Gasteiger partial charge in [0.1, 0.15) is 0 Å². The molecule has 2 aromatic carbocycles. The maximum absolute atomic E-state index is 5.48. The van der Waals surface area contributed by atoms with E-state index in [2.05, 4.69) is 26.8 Å². The van der Waals surface area contributed by atoms with Gasteiger partial charge in [0, 0.05) is 23.9 Å². The maximum atomic E-state index is 5.48. The molecule has 146 valence electrons.